The first-order chi connectivity index (χ1) is 14.3. The minimum Gasteiger partial charge on any atom is -0.733 e. The second-order valence-electron chi connectivity index (χ2n) is 6.72. The van der Waals surface area contributed by atoms with Crippen LogP contribution < -0.4 is 20.6 Å². The third-order valence-corrected chi connectivity index (χ3v) is 3.95. The van der Waals surface area contributed by atoms with Gasteiger partial charge in [0.2, 0.25) is 5.91 Å². The Morgan fingerprint density at radius 3 is 2.19 bits per heavy atom. The summed E-state index contributed by atoms with van der Waals surface area (Å²) in [4.78, 5) is 23.3. The van der Waals surface area contributed by atoms with Crippen LogP contribution in [0.1, 0.15) is 19.4 Å². The van der Waals surface area contributed by atoms with Crippen LogP contribution in [-0.4, -0.2) is 34.3 Å². The molecule has 0 spiro atoms. The maximum atomic E-state index is 13.1. The molecule has 1 atom stereocenters. The van der Waals surface area contributed by atoms with Crippen LogP contribution in [0.4, 0.5) is 30.2 Å². The number of hydrogen-bond donors (Lipinski definition) is 4. The van der Waals surface area contributed by atoms with E-state index in [0.29, 0.717) is 17.8 Å². The van der Waals surface area contributed by atoms with Crippen LogP contribution in [0.25, 0.3) is 0 Å². The van der Waals surface area contributed by atoms with Crippen molar-refractivity contribution in [2.45, 2.75) is 25.6 Å². The molecule has 0 bridgehead atoms. The molecule has 0 saturated heterocycles. The van der Waals surface area contributed by atoms with Crippen molar-refractivity contribution < 1.29 is 37.8 Å². The van der Waals surface area contributed by atoms with E-state index < -0.39 is 40.8 Å². The predicted octanol–water partition coefficient (Wildman–Crippen LogP) is 3.13. The molecular formula is C19H19F3N3O6-. The summed E-state index contributed by atoms with van der Waals surface area (Å²) in [6.07, 6.45) is -4.98. The monoisotopic (exact) mass is 442 g/mol. The van der Waals surface area contributed by atoms with Crippen molar-refractivity contribution in [2.24, 2.45) is 0 Å². The molecule has 0 aliphatic carbocycles. The van der Waals surface area contributed by atoms with Gasteiger partial charge in [-0.05, 0) is 49.4 Å². The van der Waals surface area contributed by atoms with Crippen LogP contribution in [0.15, 0.2) is 42.5 Å². The Hall–Kier alpha value is -3.35. The molecule has 0 aliphatic rings. The van der Waals surface area contributed by atoms with Gasteiger partial charge in [0.15, 0.2) is 5.60 Å². The first-order valence-electron chi connectivity index (χ1n) is 8.71. The number of alkyl halides is 3. The molecule has 9 nitrogen and oxygen atoms in total. The average molecular weight is 442 g/mol. The molecule has 12 heteroatoms. The standard InChI is InChI=1S/C19H19F3N3O6/c1-11(26)23-12-3-6-14(7-4-12)31-10-18(2,28)17(27)24-13-5-8-16(25(29)30)15(9-13)19(20,21)22/h3-9,28-29H,10H2,1-2H3,(H,23,26)(H,24,27)/q-1. The molecule has 0 aliphatic heterocycles. The molecule has 1 unspecified atom stereocenters. The number of rotatable bonds is 7. The van der Waals surface area contributed by atoms with Crippen LogP contribution in [0, 0.1) is 5.21 Å². The predicted molar refractivity (Wildman–Crippen MR) is 105 cm³/mol. The Bertz CT molecular complexity index is 946. The van der Waals surface area contributed by atoms with Gasteiger partial charge in [-0.15, -0.1) is 0 Å². The van der Waals surface area contributed by atoms with Gasteiger partial charge in [0.05, 0.1) is 11.3 Å². The van der Waals surface area contributed by atoms with Gasteiger partial charge >= 0.3 is 6.18 Å². The highest BCUT2D eigenvalue weighted by Gasteiger charge is 2.36. The topological polar surface area (TPSA) is 134 Å². The van der Waals surface area contributed by atoms with Crippen molar-refractivity contribution in [1.29, 1.82) is 0 Å². The summed E-state index contributed by atoms with van der Waals surface area (Å²) in [5.41, 5.74) is -4.51. The van der Waals surface area contributed by atoms with Crippen molar-refractivity contribution in [3.05, 3.63) is 53.2 Å². The summed E-state index contributed by atoms with van der Waals surface area (Å²) in [7, 11) is 0. The minimum absolute atomic E-state index is 0.267. The van der Waals surface area contributed by atoms with Gasteiger partial charge in [-0.25, -0.2) is 0 Å². The second-order valence-corrected chi connectivity index (χ2v) is 6.72. The van der Waals surface area contributed by atoms with Crippen LogP contribution in [0.5, 0.6) is 5.75 Å². The Labute approximate surface area is 174 Å². The fraction of sp³-hybridized carbons (Fsp3) is 0.263. The number of anilines is 3. The van der Waals surface area contributed by atoms with E-state index >= 15 is 0 Å². The number of nitrogens with zero attached hydrogens (tertiary/aromatic N) is 1. The minimum atomic E-state index is -4.98. The van der Waals surface area contributed by atoms with Gasteiger partial charge < -0.3 is 30.9 Å². The molecule has 2 aromatic carbocycles. The van der Waals surface area contributed by atoms with Crippen molar-refractivity contribution in [3.8, 4) is 5.75 Å². The lowest BCUT2D eigenvalue weighted by Gasteiger charge is -2.26. The largest absolute Gasteiger partial charge is 0.733 e. The highest BCUT2D eigenvalue weighted by atomic mass is 19.4. The van der Waals surface area contributed by atoms with E-state index in [9.17, 15) is 33.1 Å². The number of carbonyl (C=O) groups excluding carboxylic acids is 2. The fourth-order valence-corrected chi connectivity index (χ4v) is 2.40. The van der Waals surface area contributed by atoms with E-state index in [1.165, 1.54) is 31.2 Å². The first kappa shape index (κ1) is 23.9. The summed E-state index contributed by atoms with van der Waals surface area (Å²) in [5.74, 6) is -1.06. The zero-order valence-corrected chi connectivity index (χ0v) is 16.4. The zero-order valence-electron chi connectivity index (χ0n) is 16.4. The molecule has 2 amide bonds. The molecule has 0 heterocycles. The fourth-order valence-electron chi connectivity index (χ4n) is 2.40. The zero-order chi connectivity index (χ0) is 23.4. The lowest BCUT2D eigenvalue weighted by molar-refractivity contribution is -0.137. The molecule has 31 heavy (non-hydrogen) atoms. The van der Waals surface area contributed by atoms with Crippen LogP contribution >= 0.6 is 0 Å². The summed E-state index contributed by atoms with van der Waals surface area (Å²) in [6, 6.07) is 8.12. The van der Waals surface area contributed by atoms with E-state index in [1.54, 1.807) is 0 Å². The average Bonchev–Trinajstić information content (AvgIpc) is 2.66. The summed E-state index contributed by atoms with van der Waals surface area (Å²) in [5, 5.41) is 33.8. The van der Waals surface area contributed by atoms with E-state index in [0.717, 1.165) is 13.0 Å². The molecular weight excluding hydrogens is 423 g/mol. The van der Waals surface area contributed by atoms with Gasteiger partial charge in [0.1, 0.15) is 12.4 Å². The molecule has 168 valence electrons. The van der Waals surface area contributed by atoms with Crippen molar-refractivity contribution in [1.82, 2.24) is 0 Å². The van der Waals surface area contributed by atoms with Gasteiger partial charge in [0.25, 0.3) is 5.91 Å². The van der Waals surface area contributed by atoms with E-state index in [4.69, 9.17) is 9.94 Å². The molecule has 2 rings (SSSR count). The third-order valence-electron chi connectivity index (χ3n) is 3.95. The highest BCUT2D eigenvalue weighted by molar-refractivity contribution is 5.97. The normalized spacial score (nSPS) is 13.2. The Morgan fingerprint density at radius 2 is 1.68 bits per heavy atom. The third kappa shape index (κ3) is 6.57. The quantitative estimate of drug-likeness (QED) is 0.484. The Balaban J connectivity index is 2.07. The second kappa shape index (κ2) is 9.20. The molecule has 0 fully saturated rings. The van der Waals surface area contributed by atoms with Gasteiger partial charge in [0, 0.05) is 18.3 Å². The number of carbonyl (C=O) groups is 2. The van der Waals surface area contributed by atoms with Crippen LogP contribution in [0.3, 0.4) is 0 Å². The van der Waals surface area contributed by atoms with E-state index in [2.05, 4.69) is 10.6 Å². The number of aliphatic hydroxyl groups is 1. The first-order valence-corrected chi connectivity index (χ1v) is 8.71. The number of nitrogens with one attached hydrogen (secondary N) is 2. The van der Waals surface area contributed by atoms with E-state index in [-0.39, 0.29) is 17.3 Å². The van der Waals surface area contributed by atoms with Gasteiger partial charge in [-0.3, -0.25) is 14.8 Å². The number of benzene rings is 2. The maximum absolute atomic E-state index is 13.1. The van der Waals surface area contributed by atoms with Crippen LogP contribution in [0.2, 0.25) is 0 Å². The van der Waals surface area contributed by atoms with Crippen molar-refractivity contribution in [2.75, 3.05) is 22.5 Å². The number of halogens is 3. The van der Waals surface area contributed by atoms with Crippen LogP contribution in [-0.2, 0) is 15.8 Å². The molecule has 4 N–H and O–H groups in total. The van der Waals surface area contributed by atoms with Crippen molar-refractivity contribution >= 4 is 28.9 Å². The maximum Gasteiger partial charge on any atom is 0.418 e. The SMILES string of the molecule is CC(=O)Nc1ccc(OCC(C)(O)C(=O)Nc2ccc(N([O-])O)c(C(F)(F)F)c2)cc1. The smallest absolute Gasteiger partial charge is 0.418 e. The highest BCUT2D eigenvalue weighted by Crippen LogP contribution is 2.37. The molecule has 2 aromatic rings. The van der Waals surface area contributed by atoms with Crippen molar-refractivity contribution in [3.63, 3.8) is 0 Å². The summed E-state index contributed by atoms with van der Waals surface area (Å²) >= 11 is 0. The molecule has 0 radical (unpaired) electrons. The van der Waals surface area contributed by atoms with Gasteiger partial charge in [-0.2, -0.15) is 13.2 Å². The number of hydrogen-bond acceptors (Lipinski definition) is 7. The summed E-state index contributed by atoms with van der Waals surface area (Å²) in [6.45, 7) is 1.90. The molecule has 0 aromatic heterocycles. The Morgan fingerprint density at radius 1 is 1.10 bits per heavy atom. The lowest BCUT2D eigenvalue weighted by Crippen LogP contribution is -2.45. The number of amides is 2. The lowest BCUT2D eigenvalue weighted by atomic mass is 10.1. The summed E-state index contributed by atoms with van der Waals surface area (Å²) < 4.78 is 44.6. The van der Waals surface area contributed by atoms with Gasteiger partial charge in [-0.1, -0.05) is 0 Å². The Kier molecular flexibility index (Phi) is 7.10. The van der Waals surface area contributed by atoms with E-state index in [1.807, 2.05) is 0 Å². The number of ether oxygens (including phenoxy) is 1. The molecule has 0 saturated carbocycles.